The van der Waals surface area contributed by atoms with Crippen LogP contribution in [-0.4, -0.2) is 19.6 Å². The first-order valence-corrected chi connectivity index (χ1v) is 10.8. The topological polar surface area (TPSA) is 50.4 Å². The highest BCUT2D eigenvalue weighted by atomic mass is 19.1. The zero-order valence-corrected chi connectivity index (χ0v) is 18.3. The summed E-state index contributed by atoms with van der Waals surface area (Å²) < 4.78 is 20.4. The summed E-state index contributed by atoms with van der Waals surface area (Å²) in [5.74, 6) is 0.372. The number of fused-ring (bicyclic) bond motifs is 1. The van der Waals surface area contributed by atoms with E-state index in [9.17, 15) is 9.18 Å². The number of benzene rings is 2. The van der Waals surface area contributed by atoms with Gasteiger partial charge >= 0.3 is 0 Å². The van der Waals surface area contributed by atoms with Gasteiger partial charge in [-0.25, -0.2) is 4.39 Å². The van der Waals surface area contributed by atoms with Crippen molar-refractivity contribution in [3.8, 4) is 5.75 Å². The Balaban J connectivity index is 1.56. The number of halogens is 1. The summed E-state index contributed by atoms with van der Waals surface area (Å²) in [6, 6.07) is 9.30. The molecule has 30 heavy (non-hydrogen) atoms. The van der Waals surface area contributed by atoms with Crippen LogP contribution in [0.2, 0.25) is 0 Å². The van der Waals surface area contributed by atoms with Gasteiger partial charge in [0.2, 0.25) is 5.91 Å². The molecule has 1 saturated carbocycles. The number of aryl methyl sites for hydroxylation is 1. The Morgan fingerprint density at radius 3 is 2.60 bits per heavy atom. The fourth-order valence-corrected chi connectivity index (χ4v) is 4.16. The molecule has 0 aromatic heterocycles. The van der Waals surface area contributed by atoms with Crippen LogP contribution < -0.4 is 15.4 Å². The smallest absolute Gasteiger partial charge is 0.235 e. The van der Waals surface area contributed by atoms with Crippen LogP contribution in [0.4, 0.5) is 15.8 Å². The molecule has 2 N–H and O–H groups in total. The van der Waals surface area contributed by atoms with Crippen molar-refractivity contribution >= 4 is 17.3 Å². The molecule has 160 valence electrons. The lowest BCUT2D eigenvalue weighted by Crippen LogP contribution is -2.28. The van der Waals surface area contributed by atoms with Gasteiger partial charge in [-0.2, -0.15) is 0 Å². The van der Waals surface area contributed by atoms with E-state index in [0.29, 0.717) is 6.61 Å². The van der Waals surface area contributed by atoms with Gasteiger partial charge in [-0.1, -0.05) is 32.9 Å². The van der Waals surface area contributed by atoms with Crippen LogP contribution in [0.3, 0.4) is 0 Å². The largest absolute Gasteiger partial charge is 0.493 e. The quantitative estimate of drug-likeness (QED) is 0.666. The summed E-state index contributed by atoms with van der Waals surface area (Å²) >= 11 is 0. The molecule has 0 radical (unpaired) electrons. The molecule has 2 aliphatic rings. The van der Waals surface area contributed by atoms with E-state index in [1.807, 2.05) is 12.1 Å². The van der Waals surface area contributed by atoms with Crippen LogP contribution in [0.25, 0.3) is 0 Å². The summed E-state index contributed by atoms with van der Waals surface area (Å²) in [5, 5.41) is 5.98. The predicted octanol–water partition coefficient (Wildman–Crippen LogP) is 5.45. The van der Waals surface area contributed by atoms with Gasteiger partial charge in [0.25, 0.3) is 0 Å². The van der Waals surface area contributed by atoms with Gasteiger partial charge in [0.1, 0.15) is 11.6 Å². The molecule has 0 saturated heterocycles. The van der Waals surface area contributed by atoms with Crippen molar-refractivity contribution in [3.05, 3.63) is 52.8 Å². The monoisotopic (exact) mass is 410 g/mol. The van der Waals surface area contributed by atoms with Crippen LogP contribution in [0, 0.1) is 11.2 Å². The molecular formula is C25H31FN2O2. The third kappa shape index (κ3) is 4.03. The molecule has 5 heteroatoms. The van der Waals surface area contributed by atoms with Crippen molar-refractivity contribution in [2.45, 2.75) is 58.3 Å². The minimum Gasteiger partial charge on any atom is -0.493 e. The maximum absolute atomic E-state index is 14.8. The van der Waals surface area contributed by atoms with Gasteiger partial charge < -0.3 is 15.4 Å². The second kappa shape index (κ2) is 7.60. The summed E-state index contributed by atoms with van der Waals surface area (Å²) in [6.07, 6.45) is 4.23. The highest BCUT2D eigenvalue weighted by Gasteiger charge is 2.51. The van der Waals surface area contributed by atoms with Crippen LogP contribution in [-0.2, 0) is 23.1 Å². The highest BCUT2D eigenvalue weighted by Crippen LogP contribution is 2.50. The summed E-state index contributed by atoms with van der Waals surface area (Å²) in [7, 11) is 1.80. The van der Waals surface area contributed by atoms with E-state index in [0.717, 1.165) is 60.2 Å². The fraction of sp³-hybridized carbons (Fsp3) is 0.480. The number of ether oxygens (including phenoxy) is 1. The van der Waals surface area contributed by atoms with Crippen molar-refractivity contribution < 1.29 is 13.9 Å². The number of amides is 1. The number of carbonyl (C=O) groups excluding carboxylic acids is 1. The Labute approximate surface area is 178 Å². The Kier molecular flexibility index (Phi) is 5.25. The number of hydrogen-bond donors (Lipinski definition) is 2. The minimum atomic E-state index is -0.558. The average molecular weight is 411 g/mol. The van der Waals surface area contributed by atoms with E-state index in [2.05, 4.69) is 37.5 Å². The molecule has 1 fully saturated rings. The number of nitrogens with one attached hydrogen (secondary N) is 2. The zero-order valence-electron chi connectivity index (χ0n) is 18.3. The van der Waals surface area contributed by atoms with Crippen LogP contribution in [0.15, 0.2) is 30.3 Å². The normalized spacial score (nSPS) is 16.6. The van der Waals surface area contributed by atoms with E-state index < -0.39 is 11.2 Å². The fourth-order valence-electron chi connectivity index (χ4n) is 4.16. The first kappa shape index (κ1) is 20.7. The molecule has 4 nitrogen and oxygen atoms in total. The Morgan fingerprint density at radius 2 is 1.93 bits per heavy atom. The standard InChI is InChI=1S/C25H31FN2O2/c1-24(2,3)9-7-16-14-21(19(26)15-20(16)27-4)28-23(29)25(10-11-25)18-5-6-22-17(13-18)8-12-30-22/h5-6,13-15,27H,7-12H2,1-4H3,(H,28,29). The van der Waals surface area contributed by atoms with Gasteiger partial charge in [0.05, 0.1) is 17.7 Å². The number of rotatable bonds is 6. The lowest BCUT2D eigenvalue weighted by atomic mass is 9.88. The third-order valence-electron chi connectivity index (χ3n) is 6.28. The van der Waals surface area contributed by atoms with Crippen LogP contribution in [0.5, 0.6) is 5.75 Å². The van der Waals surface area contributed by atoms with Crippen molar-refractivity contribution in [1.29, 1.82) is 0 Å². The van der Waals surface area contributed by atoms with Gasteiger partial charge in [-0.15, -0.1) is 0 Å². The van der Waals surface area contributed by atoms with Crippen LogP contribution in [0.1, 0.15) is 56.7 Å². The zero-order chi connectivity index (χ0) is 21.5. The Morgan fingerprint density at radius 1 is 1.17 bits per heavy atom. The van der Waals surface area contributed by atoms with Gasteiger partial charge in [-0.05, 0) is 66.0 Å². The number of anilines is 2. The van der Waals surface area contributed by atoms with Gasteiger partial charge in [-0.3, -0.25) is 4.79 Å². The van der Waals surface area contributed by atoms with Crippen molar-refractivity contribution in [1.82, 2.24) is 0 Å². The van der Waals surface area contributed by atoms with E-state index in [4.69, 9.17) is 4.74 Å². The van der Waals surface area contributed by atoms with Gasteiger partial charge in [0.15, 0.2) is 0 Å². The summed E-state index contributed by atoms with van der Waals surface area (Å²) in [4.78, 5) is 13.2. The maximum atomic E-state index is 14.8. The third-order valence-corrected chi connectivity index (χ3v) is 6.28. The molecule has 1 heterocycles. The van der Waals surface area contributed by atoms with Crippen molar-refractivity contribution in [2.75, 3.05) is 24.3 Å². The van der Waals surface area contributed by atoms with E-state index in [1.165, 1.54) is 6.07 Å². The SMILES string of the molecule is CNc1cc(F)c(NC(=O)C2(c3ccc4c(c3)CCO4)CC2)cc1CCC(C)(C)C. The second-order valence-corrected chi connectivity index (χ2v) is 9.76. The first-order valence-electron chi connectivity index (χ1n) is 10.8. The second-order valence-electron chi connectivity index (χ2n) is 9.76. The highest BCUT2D eigenvalue weighted by molar-refractivity contribution is 6.01. The molecule has 0 bridgehead atoms. The van der Waals surface area contributed by atoms with E-state index >= 15 is 0 Å². The van der Waals surface area contributed by atoms with Gasteiger partial charge in [0, 0.05) is 19.2 Å². The minimum absolute atomic E-state index is 0.126. The Hall–Kier alpha value is -2.56. The number of hydrogen-bond acceptors (Lipinski definition) is 3. The molecule has 0 spiro atoms. The molecule has 2 aromatic carbocycles. The molecule has 0 unspecified atom stereocenters. The molecular weight excluding hydrogens is 379 g/mol. The molecule has 2 aromatic rings. The van der Waals surface area contributed by atoms with E-state index in [-0.39, 0.29) is 17.0 Å². The average Bonchev–Trinajstić information content (AvgIpc) is 3.38. The lowest BCUT2D eigenvalue weighted by molar-refractivity contribution is -0.118. The number of carbonyl (C=O) groups is 1. The van der Waals surface area contributed by atoms with E-state index in [1.54, 1.807) is 13.1 Å². The van der Waals surface area contributed by atoms with Crippen molar-refractivity contribution in [3.63, 3.8) is 0 Å². The predicted molar refractivity (Wildman–Crippen MR) is 119 cm³/mol. The molecule has 1 aliphatic heterocycles. The maximum Gasteiger partial charge on any atom is 0.235 e. The molecule has 1 aliphatic carbocycles. The molecule has 1 amide bonds. The Bertz CT molecular complexity index is 974. The molecule has 0 atom stereocenters. The lowest BCUT2D eigenvalue weighted by Gasteiger charge is -2.21. The first-order chi connectivity index (χ1) is 14.2. The van der Waals surface area contributed by atoms with Crippen LogP contribution >= 0.6 is 0 Å². The summed E-state index contributed by atoms with van der Waals surface area (Å²) in [5.41, 5.74) is 3.83. The van der Waals surface area contributed by atoms with Crippen molar-refractivity contribution in [2.24, 2.45) is 5.41 Å². The summed E-state index contributed by atoms with van der Waals surface area (Å²) in [6.45, 7) is 7.27. The molecule has 4 rings (SSSR count).